The standard InChI is InChI=1S/C11H20N6.HI/c1-16-9-14-10(15-16)8-13-11(12)17-6-4-2-3-5-7-17;/h9H,2-8H2,1H3,(H2,12,13);1H. The van der Waals surface area contributed by atoms with Gasteiger partial charge in [0.2, 0.25) is 0 Å². The maximum Gasteiger partial charge on any atom is 0.191 e. The second-order valence-corrected chi connectivity index (χ2v) is 4.41. The average molecular weight is 364 g/mol. The first kappa shape index (κ1) is 15.2. The summed E-state index contributed by atoms with van der Waals surface area (Å²) in [5, 5.41) is 4.17. The van der Waals surface area contributed by atoms with Crippen molar-refractivity contribution < 1.29 is 0 Å². The highest BCUT2D eigenvalue weighted by atomic mass is 127. The van der Waals surface area contributed by atoms with Crippen molar-refractivity contribution in [3.05, 3.63) is 12.2 Å². The van der Waals surface area contributed by atoms with E-state index in [4.69, 9.17) is 5.73 Å². The van der Waals surface area contributed by atoms with Gasteiger partial charge in [-0.1, -0.05) is 12.8 Å². The average Bonchev–Trinajstić information content (AvgIpc) is 2.58. The van der Waals surface area contributed by atoms with Crippen LogP contribution in [0.1, 0.15) is 31.5 Å². The topological polar surface area (TPSA) is 72.3 Å². The SMILES string of the molecule is Cn1cnc(CN=C(N)N2CCCCCC2)n1.I. The Morgan fingerprint density at radius 3 is 2.56 bits per heavy atom. The van der Waals surface area contributed by atoms with Crippen LogP contribution in [-0.4, -0.2) is 38.7 Å². The smallest absolute Gasteiger partial charge is 0.191 e. The van der Waals surface area contributed by atoms with E-state index in [0.29, 0.717) is 18.3 Å². The highest BCUT2D eigenvalue weighted by molar-refractivity contribution is 14.0. The summed E-state index contributed by atoms with van der Waals surface area (Å²) in [5.41, 5.74) is 5.99. The van der Waals surface area contributed by atoms with Crippen LogP contribution >= 0.6 is 24.0 Å². The van der Waals surface area contributed by atoms with E-state index in [1.54, 1.807) is 11.0 Å². The van der Waals surface area contributed by atoms with E-state index >= 15 is 0 Å². The summed E-state index contributed by atoms with van der Waals surface area (Å²) < 4.78 is 1.67. The summed E-state index contributed by atoms with van der Waals surface area (Å²) in [6.45, 7) is 2.50. The van der Waals surface area contributed by atoms with Crippen LogP contribution in [0.15, 0.2) is 11.3 Å². The van der Waals surface area contributed by atoms with Gasteiger partial charge in [0, 0.05) is 20.1 Å². The van der Waals surface area contributed by atoms with E-state index in [1.807, 2.05) is 7.05 Å². The van der Waals surface area contributed by atoms with Crippen LogP contribution in [0, 0.1) is 0 Å². The van der Waals surface area contributed by atoms with Gasteiger partial charge in [-0.3, -0.25) is 4.68 Å². The molecule has 2 heterocycles. The highest BCUT2D eigenvalue weighted by Gasteiger charge is 2.10. The molecule has 102 valence electrons. The molecule has 6 nitrogen and oxygen atoms in total. The fourth-order valence-electron chi connectivity index (χ4n) is 2.01. The summed E-state index contributed by atoms with van der Waals surface area (Å²) in [7, 11) is 1.85. The quantitative estimate of drug-likeness (QED) is 0.485. The molecule has 1 aliphatic rings. The summed E-state index contributed by atoms with van der Waals surface area (Å²) in [5.74, 6) is 1.34. The van der Waals surface area contributed by atoms with Gasteiger partial charge in [0.15, 0.2) is 11.8 Å². The van der Waals surface area contributed by atoms with Crippen LogP contribution in [0.25, 0.3) is 0 Å². The Kier molecular flexibility index (Phi) is 6.37. The number of nitrogens with two attached hydrogens (primary N) is 1. The van der Waals surface area contributed by atoms with Gasteiger partial charge < -0.3 is 10.6 Å². The second kappa shape index (κ2) is 7.55. The van der Waals surface area contributed by atoms with Crippen molar-refractivity contribution in [2.75, 3.05) is 13.1 Å². The monoisotopic (exact) mass is 364 g/mol. The molecule has 0 radical (unpaired) electrons. The molecule has 0 aliphatic carbocycles. The molecular weight excluding hydrogens is 343 g/mol. The van der Waals surface area contributed by atoms with E-state index in [0.717, 1.165) is 13.1 Å². The molecule has 1 saturated heterocycles. The highest BCUT2D eigenvalue weighted by Crippen LogP contribution is 2.09. The van der Waals surface area contributed by atoms with Gasteiger partial charge in [0.05, 0.1) is 0 Å². The normalized spacial score (nSPS) is 17.2. The van der Waals surface area contributed by atoms with E-state index in [-0.39, 0.29) is 24.0 Å². The van der Waals surface area contributed by atoms with Crippen LogP contribution in [-0.2, 0) is 13.6 Å². The largest absolute Gasteiger partial charge is 0.370 e. The van der Waals surface area contributed by atoms with Crippen molar-refractivity contribution >= 4 is 29.9 Å². The minimum absolute atomic E-state index is 0. The first-order chi connectivity index (χ1) is 8.25. The maximum atomic E-state index is 5.99. The van der Waals surface area contributed by atoms with E-state index in [9.17, 15) is 0 Å². The van der Waals surface area contributed by atoms with Crippen molar-refractivity contribution in [2.45, 2.75) is 32.2 Å². The van der Waals surface area contributed by atoms with Crippen molar-refractivity contribution in [2.24, 2.45) is 17.8 Å². The molecule has 1 aromatic rings. The number of hydrogen-bond acceptors (Lipinski definition) is 3. The van der Waals surface area contributed by atoms with Crippen LogP contribution in [0.4, 0.5) is 0 Å². The summed E-state index contributed by atoms with van der Waals surface area (Å²) >= 11 is 0. The van der Waals surface area contributed by atoms with E-state index in [2.05, 4.69) is 20.0 Å². The first-order valence-electron chi connectivity index (χ1n) is 6.15. The molecule has 1 fully saturated rings. The predicted octanol–water partition coefficient (Wildman–Crippen LogP) is 1.12. The van der Waals surface area contributed by atoms with Crippen molar-refractivity contribution in [3.8, 4) is 0 Å². The van der Waals surface area contributed by atoms with Crippen LogP contribution in [0.2, 0.25) is 0 Å². The zero-order valence-corrected chi connectivity index (χ0v) is 13.1. The van der Waals surface area contributed by atoms with Gasteiger partial charge in [-0.05, 0) is 12.8 Å². The Bertz CT molecular complexity index is 381. The lowest BCUT2D eigenvalue weighted by Gasteiger charge is -2.20. The lowest BCUT2D eigenvalue weighted by Crippen LogP contribution is -2.38. The molecule has 1 aliphatic heterocycles. The number of guanidine groups is 1. The number of hydrogen-bond donors (Lipinski definition) is 1. The molecule has 0 saturated carbocycles. The fourth-order valence-corrected chi connectivity index (χ4v) is 2.01. The minimum Gasteiger partial charge on any atom is -0.370 e. The van der Waals surface area contributed by atoms with Crippen molar-refractivity contribution in [3.63, 3.8) is 0 Å². The number of aliphatic imine (C=N–C) groups is 1. The summed E-state index contributed by atoms with van der Waals surface area (Å²) in [6.07, 6.45) is 6.68. The molecule has 0 atom stereocenters. The first-order valence-corrected chi connectivity index (χ1v) is 6.15. The van der Waals surface area contributed by atoms with Crippen molar-refractivity contribution in [1.29, 1.82) is 0 Å². The third kappa shape index (κ3) is 4.43. The Balaban J connectivity index is 0.00000162. The molecule has 0 aromatic carbocycles. The number of halogens is 1. The Morgan fingerprint density at radius 2 is 2.00 bits per heavy atom. The van der Waals surface area contributed by atoms with Gasteiger partial charge in [-0.25, -0.2) is 9.98 Å². The number of rotatable bonds is 2. The fraction of sp³-hybridized carbons (Fsp3) is 0.727. The van der Waals surface area contributed by atoms with Gasteiger partial charge in [-0.2, -0.15) is 5.10 Å². The molecule has 2 N–H and O–H groups in total. The van der Waals surface area contributed by atoms with Crippen LogP contribution in [0.3, 0.4) is 0 Å². The van der Waals surface area contributed by atoms with Gasteiger partial charge in [0.1, 0.15) is 12.9 Å². The molecule has 0 unspecified atom stereocenters. The van der Waals surface area contributed by atoms with Crippen LogP contribution < -0.4 is 5.73 Å². The Labute approximate surface area is 125 Å². The Hall–Kier alpha value is -0.860. The van der Waals surface area contributed by atoms with Gasteiger partial charge in [0.25, 0.3) is 0 Å². The number of aromatic nitrogens is 3. The third-order valence-corrected chi connectivity index (χ3v) is 2.96. The molecular formula is C11H21IN6. The van der Waals surface area contributed by atoms with E-state index < -0.39 is 0 Å². The van der Waals surface area contributed by atoms with E-state index in [1.165, 1.54) is 25.7 Å². The van der Waals surface area contributed by atoms with Gasteiger partial charge >= 0.3 is 0 Å². The molecule has 0 amide bonds. The molecule has 1 aromatic heterocycles. The number of aryl methyl sites for hydroxylation is 1. The third-order valence-electron chi connectivity index (χ3n) is 2.96. The summed E-state index contributed by atoms with van der Waals surface area (Å²) in [4.78, 5) is 10.6. The second-order valence-electron chi connectivity index (χ2n) is 4.41. The Morgan fingerprint density at radius 1 is 1.33 bits per heavy atom. The molecule has 0 bridgehead atoms. The minimum atomic E-state index is 0. The molecule has 2 rings (SSSR count). The predicted molar refractivity (Wildman–Crippen MR) is 81.8 cm³/mol. The van der Waals surface area contributed by atoms with Gasteiger partial charge in [-0.15, -0.1) is 24.0 Å². The lowest BCUT2D eigenvalue weighted by molar-refractivity contribution is 0.428. The lowest BCUT2D eigenvalue weighted by atomic mass is 10.2. The molecule has 0 spiro atoms. The van der Waals surface area contributed by atoms with Crippen molar-refractivity contribution in [1.82, 2.24) is 19.7 Å². The van der Waals surface area contributed by atoms with Crippen LogP contribution in [0.5, 0.6) is 0 Å². The molecule has 18 heavy (non-hydrogen) atoms. The number of likely N-dealkylation sites (tertiary alicyclic amines) is 1. The zero-order chi connectivity index (χ0) is 12.1. The summed E-state index contributed by atoms with van der Waals surface area (Å²) in [6, 6.07) is 0. The number of nitrogens with zero attached hydrogens (tertiary/aromatic N) is 5. The maximum absolute atomic E-state index is 5.99. The zero-order valence-electron chi connectivity index (χ0n) is 10.7. The molecule has 7 heteroatoms.